The molecule has 102 valence electrons. The van der Waals surface area contributed by atoms with Crippen LogP contribution in [-0.4, -0.2) is 18.1 Å². The summed E-state index contributed by atoms with van der Waals surface area (Å²) in [6.45, 7) is 5.16. The second-order valence-corrected chi connectivity index (χ2v) is 5.75. The zero-order valence-corrected chi connectivity index (χ0v) is 12.5. The van der Waals surface area contributed by atoms with Gasteiger partial charge < -0.3 is 10.1 Å². The Morgan fingerprint density at radius 2 is 2.16 bits per heavy atom. The van der Waals surface area contributed by atoms with Gasteiger partial charge in [-0.15, -0.1) is 11.3 Å². The van der Waals surface area contributed by atoms with Gasteiger partial charge in [-0.2, -0.15) is 0 Å². The minimum Gasteiger partial charge on any atom is -0.497 e. The number of rotatable bonds is 6. The average molecular weight is 276 g/mol. The molecule has 2 rings (SSSR count). The van der Waals surface area contributed by atoms with Crippen LogP contribution < -0.4 is 10.1 Å². The van der Waals surface area contributed by atoms with Crippen molar-refractivity contribution in [2.24, 2.45) is 0 Å². The standard InChI is InChI=1S/C15H20N2OS/c1-11(2)17-10-13-8-14(18-3)5-4-12(13)9-15-16-6-7-19-15/h4-8,11,17H,9-10H2,1-3H3. The van der Waals surface area contributed by atoms with Crippen molar-refractivity contribution in [3.05, 3.63) is 45.9 Å². The van der Waals surface area contributed by atoms with E-state index in [9.17, 15) is 0 Å². The molecule has 0 aliphatic carbocycles. The molecule has 3 nitrogen and oxygen atoms in total. The maximum absolute atomic E-state index is 5.31. The molecule has 0 atom stereocenters. The number of nitrogens with one attached hydrogen (secondary N) is 1. The number of aromatic nitrogens is 1. The molecular formula is C15H20N2OS. The molecule has 1 heterocycles. The summed E-state index contributed by atoms with van der Waals surface area (Å²) in [5, 5.41) is 6.63. The third kappa shape index (κ3) is 4.04. The van der Waals surface area contributed by atoms with E-state index in [-0.39, 0.29) is 0 Å². The Morgan fingerprint density at radius 3 is 2.79 bits per heavy atom. The maximum Gasteiger partial charge on any atom is 0.119 e. The Labute approximate surface area is 118 Å². The topological polar surface area (TPSA) is 34.1 Å². The summed E-state index contributed by atoms with van der Waals surface area (Å²) in [7, 11) is 1.70. The van der Waals surface area contributed by atoms with Crippen molar-refractivity contribution in [1.29, 1.82) is 0 Å². The van der Waals surface area contributed by atoms with Gasteiger partial charge in [0.15, 0.2) is 0 Å². The summed E-state index contributed by atoms with van der Waals surface area (Å²) in [6.07, 6.45) is 2.74. The van der Waals surface area contributed by atoms with Crippen molar-refractivity contribution >= 4 is 11.3 Å². The van der Waals surface area contributed by atoms with E-state index in [0.29, 0.717) is 6.04 Å². The zero-order chi connectivity index (χ0) is 13.7. The van der Waals surface area contributed by atoms with Gasteiger partial charge in [-0.25, -0.2) is 4.98 Å². The lowest BCUT2D eigenvalue weighted by molar-refractivity contribution is 0.413. The van der Waals surface area contributed by atoms with Gasteiger partial charge in [0.2, 0.25) is 0 Å². The molecule has 1 aromatic carbocycles. The number of ether oxygens (including phenoxy) is 1. The van der Waals surface area contributed by atoms with Crippen molar-refractivity contribution in [3.8, 4) is 5.75 Å². The van der Waals surface area contributed by atoms with Crippen LogP contribution in [0.3, 0.4) is 0 Å². The van der Waals surface area contributed by atoms with Crippen molar-refractivity contribution in [2.45, 2.75) is 32.9 Å². The molecule has 0 saturated carbocycles. The van der Waals surface area contributed by atoms with Gasteiger partial charge in [0, 0.05) is 30.6 Å². The number of benzene rings is 1. The van der Waals surface area contributed by atoms with Gasteiger partial charge in [0.25, 0.3) is 0 Å². The number of thiazole rings is 1. The summed E-state index contributed by atoms with van der Waals surface area (Å²) in [6, 6.07) is 6.73. The highest BCUT2D eigenvalue weighted by atomic mass is 32.1. The van der Waals surface area contributed by atoms with E-state index in [0.717, 1.165) is 23.7 Å². The first-order chi connectivity index (χ1) is 9.19. The summed E-state index contributed by atoms with van der Waals surface area (Å²) in [5.74, 6) is 0.906. The SMILES string of the molecule is COc1ccc(Cc2nccs2)c(CNC(C)C)c1. The molecule has 0 radical (unpaired) electrons. The van der Waals surface area contributed by atoms with Crippen LogP contribution in [0.4, 0.5) is 0 Å². The fourth-order valence-electron chi connectivity index (χ4n) is 1.88. The second kappa shape index (κ2) is 6.68. The van der Waals surface area contributed by atoms with E-state index in [2.05, 4.69) is 36.3 Å². The molecular weight excluding hydrogens is 256 g/mol. The molecule has 0 unspecified atom stereocenters. The molecule has 0 spiro atoms. The molecule has 4 heteroatoms. The third-order valence-corrected chi connectivity index (χ3v) is 3.72. The Bertz CT molecular complexity index is 509. The maximum atomic E-state index is 5.31. The van der Waals surface area contributed by atoms with E-state index in [1.807, 2.05) is 17.6 Å². The number of hydrogen-bond donors (Lipinski definition) is 1. The van der Waals surface area contributed by atoms with Gasteiger partial charge >= 0.3 is 0 Å². The summed E-state index contributed by atoms with van der Waals surface area (Å²) >= 11 is 1.70. The van der Waals surface area contributed by atoms with Crippen molar-refractivity contribution in [3.63, 3.8) is 0 Å². The molecule has 0 aliphatic rings. The first-order valence-electron chi connectivity index (χ1n) is 6.46. The predicted octanol–water partition coefficient (Wildman–Crippen LogP) is 3.24. The van der Waals surface area contributed by atoms with E-state index >= 15 is 0 Å². The molecule has 1 N–H and O–H groups in total. The third-order valence-electron chi connectivity index (χ3n) is 2.94. The first kappa shape index (κ1) is 14.0. The molecule has 0 saturated heterocycles. The molecule has 0 bridgehead atoms. The van der Waals surface area contributed by atoms with Crippen LogP contribution in [0.5, 0.6) is 5.75 Å². The Kier molecular flexibility index (Phi) is 4.93. The van der Waals surface area contributed by atoms with Crippen LogP contribution in [0.1, 0.15) is 30.0 Å². The summed E-state index contributed by atoms with van der Waals surface area (Å²) in [4.78, 5) is 4.36. The van der Waals surface area contributed by atoms with Gasteiger partial charge in [0.05, 0.1) is 12.1 Å². The van der Waals surface area contributed by atoms with Gasteiger partial charge in [-0.1, -0.05) is 19.9 Å². The first-order valence-corrected chi connectivity index (χ1v) is 7.34. The predicted molar refractivity (Wildman–Crippen MR) is 79.9 cm³/mol. The minimum absolute atomic E-state index is 0.471. The van der Waals surface area contributed by atoms with E-state index in [1.54, 1.807) is 18.4 Å². The lowest BCUT2D eigenvalue weighted by Gasteiger charge is -2.13. The molecule has 2 aromatic rings. The van der Waals surface area contributed by atoms with Crippen LogP contribution in [0, 0.1) is 0 Å². The van der Waals surface area contributed by atoms with Crippen LogP contribution in [-0.2, 0) is 13.0 Å². The Morgan fingerprint density at radius 1 is 1.32 bits per heavy atom. The fraction of sp³-hybridized carbons (Fsp3) is 0.400. The van der Waals surface area contributed by atoms with Crippen LogP contribution in [0.2, 0.25) is 0 Å². The largest absolute Gasteiger partial charge is 0.497 e. The average Bonchev–Trinajstić information content (AvgIpc) is 2.90. The Hall–Kier alpha value is -1.39. The number of nitrogens with zero attached hydrogens (tertiary/aromatic N) is 1. The van der Waals surface area contributed by atoms with E-state index < -0.39 is 0 Å². The van der Waals surface area contributed by atoms with E-state index in [1.165, 1.54) is 11.1 Å². The van der Waals surface area contributed by atoms with Crippen LogP contribution in [0.25, 0.3) is 0 Å². The zero-order valence-electron chi connectivity index (χ0n) is 11.6. The van der Waals surface area contributed by atoms with Crippen molar-refractivity contribution in [2.75, 3.05) is 7.11 Å². The Balaban J connectivity index is 2.20. The molecule has 0 amide bonds. The minimum atomic E-state index is 0.471. The lowest BCUT2D eigenvalue weighted by Crippen LogP contribution is -2.22. The monoisotopic (exact) mass is 276 g/mol. The molecule has 0 aliphatic heterocycles. The van der Waals surface area contributed by atoms with Crippen molar-refractivity contribution in [1.82, 2.24) is 10.3 Å². The van der Waals surface area contributed by atoms with E-state index in [4.69, 9.17) is 4.74 Å². The van der Waals surface area contributed by atoms with Gasteiger partial charge in [-0.3, -0.25) is 0 Å². The van der Waals surface area contributed by atoms with Crippen molar-refractivity contribution < 1.29 is 4.74 Å². The normalized spacial score (nSPS) is 10.9. The molecule has 19 heavy (non-hydrogen) atoms. The lowest BCUT2D eigenvalue weighted by atomic mass is 10.0. The van der Waals surface area contributed by atoms with Gasteiger partial charge in [0.1, 0.15) is 5.75 Å². The highest BCUT2D eigenvalue weighted by Crippen LogP contribution is 2.21. The molecule has 0 fully saturated rings. The highest BCUT2D eigenvalue weighted by Gasteiger charge is 2.07. The smallest absolute Gasteiger partial charge is 0.119 e. The number of hydrogen-bond acceptors (Lipinski definition) is 4. The highest BCUT2D eigenvalue weighted by molar-refractivity contribution is 7.09. The second-order valence-electron chi connectivity index (χ2n) is 4.77. The summed E-state index contributed by atoms with van der Waals surface area (Å²) < 4.78 is 5.31. The fourth-order valence-corrected chi connectivity index (χ4v) is 2.52. The summed E-state index contributed by atoms with van der Waals surface area (Å²) in [5.41, 5.74) is 2.59. The number of methoxy groups -OCH3 is 1. The quantitative estimate of drug-likeness (QED) is 0.879. The van der Waals surface area contributed by atoms with Crippen LogP contribution >= 0.6 is 11.3 Å². The molecule has 1 aromatic heterocycles. The van der Waals surface area contributed by atoms with Gasteiger partial charge in [-0.05, 0) is 23.3 Å². The van der Waals surface area contributed by atoms with Crippen LogP contribution in [0.15, 0.2) is 29.8 Å².